The van der Waals surface area contributed by atoms with E-state index in [1.165, 1.54) is 18.6 Å². The third kappa shape index (κ3) is 5.25. The lowest BCUT2D eigenvalue weighted by molar-refractivity contribution is 0.562. The van der Waals surface area contributed by atoms with E-state index in [4.69, 9.17) is 4.42 Å². The zero-order valence-corrected chi connectivity index (χ0v) is 14.6. The Kier molecular flexibility index (Phi) is 7.06. The van der Waals surface area contributed by atoms with Crippen LogP contribution in [-0.4, -0.2) is 30.1 Å². The Balaban J connectivity index is 0.00000180. The van der Waals surface area contributed by atoms with Crippen LogP contribution < -0.4 is 10.6 Å². The number of rotatable bonds is 4. The predicted octanol–water partition coefficient (Wildman–Crippen LogP) is 2.85. The lowest BCUT2D eigenvalue weighted by Gasteiger charge is -2.24. The van der Waals surface area contributed by atoms with Gasteiger partial charge in [0.15, 0.2) is 5.96 Å². The molecule has 4 nitrogen and oxygen atoms in total. The highest BCUT2D eigenvalue weighted by molar-refractivity contribution is 14.0. The van der Waals surface area contributed by atoms with Gasteiger partial charge in [-0.05, 0) is 31.6 Å². The summed E-state index contributed by atoms with van der Waals surface area (Å²) in [4.78, 5) is 4.23. The molecule has 2 heterocycles. The van der Waals surface area contributed by atoms with Crippen LogP contribution in [0.2, 0.25) is 0 Å². The average Bonchev–Trinajstić information content (AvgIpc) is 3.01. The number of furan rings is 1. The van der Waals surface area contributed by atoms with Gasteiger partial charge in [0.1, 0.15) is 0 Å². The first-order valence-corrected chi connectivity index (χ1v) is 7.30. The molecule has 0 aliphatic carbocycles. The van der Waals surface area contributed by atoms with Crippen molar-refractivity contribution in [2.75, 3.05) is 19.3 Å². The zero-order valence-electron chi connectivity index (χ0n) is 11.4. The minimum absolute atomic E-state index is 0. The smallest absolute Gasteiger partial charge is 0.191 e. The summed E-state index contributed by atoms with van der Waals surface area (Å²) in [5, 5.41) is 6.68. The number of nitrogens with zero attached hydrogens (tertiary/aromatic N) is 1. The van der Waals surface area contributed by atoms with Crippen LogP contribution >= 0.6 is 35.7 Å². The maximum absolute atomic E-state index is 5.03. The van der Waals surface area contributed by atoms with E-state index >= 15 is 0 Å². The summed E-state index contributed by atoms with van der Waals surface area (Å²) in [7, 11) is 1.80. The average molecular weight is 395 g/mol. The standard InChI is InChI=1S/C13H21N3OS.HI/c1-13(5-3-7-18-13)10-16-12(14-2)15-8-11-4-6-17-9-11;/h4,6,9H,3,5,7-8,10H2,1-2H3,(H2,14,15,16);1H. The molecular formula is C13H22IN3OS. The highest BCUT2D eigenvalue weighted by Gasteiger charge is 2.29. The summed E-state index contributed by atoms with van der Waals surface area (Å²) in [6, 6.07) is 1.95. The van der Waals surface area contributed by atoms with Crippen molar-refractivity contribution in [1.29, 1.82) is 0 Å². The Morgan fingerprint density at radius 2 is 2.37 bits per heavy atom. The van der Waals surface area contributed by atoms with Crippen LogP contribution in [-0.2, 0) is 6.54 Å². The van der Waals surface area contributed by atoms with Crippen LogP contribution in [0.25, 0.3) is 0 Å². The third-order valence-corrected chi connectivity index (χ3v) is 4.73. The van der Waals surface area contributed by atoms with Gasteiger partial charge in [-0.15, -0.1) is 24.0 Å². The van der Waals surface area contributed by atoms with Crippen LogP contribution in [0.4, 0.5) is 0 Å². The van der Waals surface area contributed by atoms with E-state index in [0.29, 0.717) is 4.75 Å². The Morgan fingerprint density at radius 1 is 1.53 bits per heavy atom. The van der Waals surface area contributed by atoms with Gasteiger partial charge in [0.2, 0.25) is 0 Å². The van der Waals surface area contributed by atoms with E-state index < -0.39 is 0 Å². The van der Waals surface area contributed by atoms with Crippen molar-refractivity contribution in [1.82, 2.24) is 10.6 Å². The van der Waals surface area contributed by atoms with Crippen LogP contribution in [0.5, 0.6) is 0 Å². The van der Waals surface area contributed by atoms with Crippen molar-refractivity contribution in [3.8, 4) is 0 Å². The number of aliphatic imine (C=N–C) groups is 1. The molecular weight excluding hydrogens is 373 g/mol. The van der Waals surface area contributed by atoms with E-state index in [0.717, 1.165) is 24.6 Å². The van der Waals surface area contributed by atoms with Crippen molar-refractivity contribution in [2.24, 2.45) is 4.99 Å². The molecule has 108 valence electrons. The van der Waals surface area contributed by atoms with Gasteiger partial charge in [-0.2, -0.15) is 11.8 Å². The van der Waals surface area contributed by atoms with Gasteiger partial charge < -0.3 is 15.1 Å². The Hall–Kier alpha value is -0.370. The highest BCUT2D eigenvalue weighted by Crippen LogP contribution is 2.36. The van der Waals surface area contributed by atoms with E-state index in [1.807, 2.05) is 6.07 Å². The summed E-state index contributed by atoms with van der Waals surface area (Å²) >= 11 is 2.05. The molecule has 2 rings (SSSR count). The highest BCUT2D eigenvalue weighted by atomic mass is 127. The number of guanidine groups is 1. The van der Waals surface area contributed by atoms with Crippen LogP contribution in [0.15, 0.2) is 28.0 Å². The summed E-state index contributed by atoms with van der Waals surface area (Å²) in [5.74, 6) is 2.13. The molecule has 0 amide bonds. The number of halogens is 1. The summed E-state index contributed by atoms with van der Waals surface area (Å²) in [6.45, 7) is 4.02. The normalized spacial score (nSPS) is 22.9. The second-order valence-corrected chi connectivity index (χ2v) is 6.50. The van der Waals surface area contributed by atoms with E-state index in [2.05, 4.69) is 34.3 Å². The number of hydrogen-bond donors (Lipinski definition) is 2. The maximum Gasteiger partial charge on any atom is 0.191 e. The molecule has 1 fully saturated rings. The molecule has 0 spiro atoms. The molecule has 1 aromatic heterocycles. The van der Waals surface area contributed by atoms with Crippen LogP contribution in [0.1, 0.15) is 25.3 Å². The van der Waals surface area contributed by atoms with Gasteiger partial charge in [-0.3, -0.25) is 4.99 Å². The van der Waals surface area contributed by atoms with E-state index in [1.54, 1.807) is 19.6 Å². The van der Waals surface area contributed by atoms with Gasteiger partial charge in [-0.1, -0.05) is 0 Å². The van der Waals surface area contributed by atoms with Crippen molar-refractivity contribution in [2.45, 2.75) is 31.1 Å². The minimum Gasteiger partial charge on any atom is -0.472 e. The molecule has 1 unspecified atom stereocenters. The number of hydrogen-bond acceptors (Lipinski definition) is 3. The molecule has 0 aromatic carbocycles. The SMILES string of the molecule is CN=C(NCc1ccoc1)NCC1(C)CCCS1.I. The number of nitrogens with one attached hydrogen (secondary N) is 2. The molecule has 0 saturated carbocycles. The molecule has 0 radical (unpaired) electrons. The molecule has 6 heteroatoms. The monoisotopic (exact) mass is 395 g/mol. The topological polar surface area (TPSA) is 49.6 Å². The molecule has 1 aliphatic heterocycles. The minimum atomic E-state index is 0. The first-order chi connectivity index (χ1) is 8.72. The Morgan fingerprint density at radius 3 is 2.95 bits per heavy atom. The Bertz CT molecular complexity index is 389. The van der Waals surface area contributed by atoms with Gasteiger partial charge in [0.05, 0.1) is 12.5 Å². The summed E-state index contributed by atoms with van der Waals surface area (Å²) in [6.07, 6.45) is 6.03. The third-order valence-electron chi connectivity index (χ3n) is 3.19. The van der Waals surface area contributed by atoms with Gasteiger partial charge >= 0.3 is 0 Å². The van der Waals surface area contributed by atoms with Crippen molar-refractivity contribution in [3.05, 3.63) is 24.2 Å². The molecule has 1 aromatic rings. The predicted molar refractivity (Wildman–Crippen MR) is 92.4 cm³/mol. The van der Waals surface area contributed by atoms with Crippen molar-refractivity contribution < 1.29 is 4.42 Å². The van der Waals surface area contributed by atoms with E-state index in [9.17, 15) is 0 Å². The molecule has 19 heavy (non-hydrogen) atoms. The Labute approximate surface area is 136 Å². The fraction of sp³-hybridized carbons (Fsp3) is 0.615. The van der Waals surface area contributed by atoms with Crippen LogP contribution in [0.3, 0.4) is 0 Å². The van der Waals surface area contributed by atoms with Crippen LogP contribution in [0, 0.1) is 0 Å². The molecule has 1 aliphatic rings. The number of thioether (sulfide) groups is 1. The second kappa shape index (κ2) is 8.04. The summed E-state index contributed by atoms with van der Waals surface area (Å²) < 4.78 is 5.39. The van der Waals surface area contributed by atoms with Crippen molar-refractivity contribution in [3.63, 3.8) is 0 Å². The fourth-order valence-electron chi connectivity index (χ4n) is 2.05. The first-order valence-electron chi connectivity index (χ1n) is 6.31. The van der Waals surface area contributed by atoms with E-state index in [-0.39, 0.29) is 24.0 Å². The lowest BCUT2D eigenvalue weighted by Crippen LogP contribution is -2.43. The largest absolute Gasteiger partial charge is 0.472 e. The molecule has 0 bridgehead atoms. The molecule has 1 atom stereocenters. The second-order valence-electron chi connectivity index (χ2n) is 4.81. The first kappa shape index (κ1) is 16.7. The van der Waals surface area contributed by atoms with Crippen molar-refractivity contribution >= 4 is 41.7 Å². The zero-order chi connectivity index (χ0) is 12.8. The summed E-state index contributed by atoms with van der Waals surface area (Å²) in [5.41, 5.74) is 1.12. The fourth-order valence-corrected chi connectivity index (χ4v) is 3.29. The molecule has 2 N–H and O–H groups in total. The molecule has 1 saturated heterocycles. The van der Waals surface area contributed by atoms with Gasteiger partial charge in [0, 0.05) is 30.4 Å². The lowest BCUT2D eigenvalue weighted by atomic mass is 10.1. The maximum atomic E-state index is 5.03. The van der Waals surface area contributed by atoms with Gasteiger partial charge in [0.25, 0.3) is 0 Å². The van der Waals surface area contributed by atoms with Gasteiger partial charge in [-0.25, -0.2) is 0 Å². The quantitative estimate of drug-likeness (QED) is 0.468.